The minimum atomic E-state index is -0.428. The predicted octanol–water partition coefficient (Wildman–Crippen LogP) is 1.90. The molecule has 1 heterocycles. The fraction of sp³-hybridized carbons (Fsp3) is 0.455. The van der Waals surface area contributed by atoms with E-state index in [1.165, 1.54) is 0 Å². The molecule has 0 spiro atoms. The van der Waals surface area contributed by atoms with Crippen LogP contribution in [0.2, 0.25) is 0 Å². The van der Waals surface area contributed by atoms with Crippen molar-refractivity contribution in [2.24, 2.45) is 0 Å². The molecule has 0 saturated carbocycles. The lowest BCUT2D eigenvalue weighted by Crippen LogP contribution is -1.97. The van der Waals surface area contributed by atoms with Crippen LogP contribution >= 0.6 is 0 Å². The lowest BCUT2D eigenvalue weighted by atomic mass is 10.0. The van der Waals surface area contributed by atoms with Gasteiger partial charge in [-0.25, -0.2) is 0 Å². The summed E-state index contributed by atoms with van der Waals surface area (Å²) >= 11 is 0. The van der Waals surface area contributed by atoms with E-state index in [1.807, 2.05) is 18.2 Å². The van der Waals surface area contributed by atoms with E-state index >= 15 is 0 Å². The maximum atomic E-state index is 9.83. The number of hydrogen-bond donors (Lipinski definition) is 1. The average molecular weight is 194 g/mol. The van der Waals surface area contributed by atoms with Gasteiger partial charge in [-0.15, -0.1) is 0 Å². The smallest absolute Gasteiger partial charge is 0.125 e. The number of rotatable bonds is 1. The van der Waals surface area contributed by atoms with Crippen LogP contribution in [0.4, 0.5) is 0 Å². The van der Waals surface area contributed by atoms with E-state index in [2.05, 4.69) is 0 Å². The third-order valence-electron chi connectivity index (χ3n) is 2.46. The number of benzene rings is 1. The van der Waals surface area contributed by atoms with Gasteiger partial charge in [0, 0.05) is 5.56 Å². The Labute approximate surface area is 83.3 Å². The Morgan fingerprint density at radius 3 is 3.14 bits per heavy atom. The van der Waals surface area contributed by atoms with Crippen LogP contribution in [0.1, 0.15) is 24.5 Å². The van der Waals surface area contributed by atoms with Crippen LogP contribution in [0.3, 0.4) is 0 Å². The molecule has 3 heteroatoms. The van der Waals surface area contributed by atoms with Crippen molar-refractivity contribution in [3.63, 3.8) is 0 Å². The van der Waals surface area contributed by atoms with Crippen LogP contribution in [0, 0.1) is 0 Å². The van der Waals surface area contributed by atoms with Gasteiger partial charge in [-0.1, -0.05) is 0 Å². The molecule has 0 aromatic heterocycles. The van der Waals surface area contributed by atoms with Gasteiger partial charge in [0.15, 0.2) is 0 Å². The summed E-state index contributed by atoms with van der Waals surface area (Å²) in [6, 6.07) is 5.53. The van der Waals surface area contributed by atoms with Gasteiger partial charge in [0.25, 0.3) is 0 Å². The molecule has 3 nitrogen and oxygen atoms in total. The molecule has 1 aliphatic rings. The highest BCUT2D eigenvalue weighted by Gasteiger charge is 2.17. The maximum Gasteiger partial charge on any atom is 0.125 e. The van der Waals surface area contributed by atoms with E-state index in [0.29, 0.717) is 6.61 Å². The van der Waals surface area contributed by atoms with Gasteiger partial charge in [0.2, 0.25) is 0 Å². The molecule has 0 bridgehead atoms. The second-order valence-electron chi connectivity index (χ2n) is 3.41. The Morgan fingerprint density at radius 1 is 1.50 bits per heavy atom. The van der Waals surface area contributed by atoms with Gasteiger partial charge in [-0.3, -0.25) is 0 Å². The molecule has 1 N–H and O–H groups in total. The maximum absolute atomic E-state index is 9.83. The second kappa shape index (κ2) is 3.88. The van der Waals surface area contributed by atoms with Gasteiger partial charge < -0.3 is 14.6 Å². The van der Waals surface area contributed by atoms with E-state index in [9.17, 15) is 5.11 Å². The van der Waals surface area contributed by atoms with E-state index in [-0.39, 0.29) is 0 Å². The minimum Gasteiger partial charge on any atom is -0.497 e. The summed E-state index contributed by atoms with van der Waals surface area (Å²) in [5.74, 6) is 1.53. The van der Waals surface area contributed by atoms with Gasteiger partial charge in [-0.05, 0) is 31.0 Å². The van der Waals surface area contributed by atoms with Crippen molar-refractivity contribution >= 4 is 0 Å². The standard InChI is InChI=1S/C11H14O3/c1-13-8-4-5-11-9(7-8)10(12)3-2-6-14-11/h4-5,7,10,12H,2-3,6H2,1H3/t10-/m1/s1. The zero-order valence-electron chi connectivity index (χ0n) is 8.19. The Bertz CT molecular complexity index is 322. The van der Waals surface area contributed by atoms with Crippen molar-refractivity contribution in [1.82, 2.24) is 0 Å². The van der Waals surface area contributed by atoms with E-state index in [4.69, 9.17) is 9.47 Å². The molecule has 0 unspecified atom stereocenters. The molecule has 1 aliphatic heterocycles. The van der Waals surface area contributed by atoms with E-state index < -0.39 is 6.10 Å². The van der Waals surface area contributed by atoms with Gasteiger partial charge in [-0.2, -0.15) is 0 Å². The fourth-order valence-electron chi connectivity index (χ4n) is 1.66. The summed E-state index contributed by atoms with van der Waals surface area (Å²) < 4.78 is 10.6. The van der Waals surface area contributed by atoms with Gasteiger partial charge in [0.05, 0.1) is 19.8 Å². The summed E-state index contributed by atoms with van der Waals surface area (Å²) in [4.78, 5) is 0. The van der Waals surface area contributed by atoms with Crippen molar-refractivity contribution in [1.29, 1.82) is 0 Å². The first-order chi connectivity index (χ1) is 6.81. The topological polar surface area (TPSA) is 38.7 Å². The van der Waals surface area contributed by atoms with Gasteiger partial charge >= 0.3 is 0 Å². The molecule has 0 fully saturated rings. The summed E-state index contributed by atoms with van der Waals surface area (Å²) in [6.45, 7) is 0.677. The summed E-state index contributed by atoms with van der Waals surface area (Å²) in [6.07, 6.45) is 1.21. The highest BCUT2D eigenvalue weighted by atomic mass is 16.5. The zero-order chi connectivity index (χ0) is 9.97. The fourth-order valence-corrected chi connectivity index (χ4v) is 1.66. The average Bonchev–Trinajstić information content (AvgIpc) is 2.40. The first-order valence-electron chi connectivity index (χ1n) is 4.80. The van der Waals surface area contributed by atoms with Crippen LogP contribution in [-0.2, 0) is 0 Å². The van der Waals surface area contributed by atoms with Crippen LogP contribution < -0.4 is 9.47 Å². The molecule has 1 aromatic rings. The van der Waals surface area contributed by atoms with Crippen LogP contribution in [0.5, 0.6) is 11.5 Å². The number of hydrogen-bond acceptors (Lipinski definition) is 3. The number of aliphatic hydroxyl groups excluding tert-OH is 1. The molecule has 0 radical (unpaired) electrons. The van der Waals surface area contributed by atoms with Crippen LogP contribution in [0.25, 0.3) is 0 Å². The highest BCUT2D eigenvalue weighted by Crippen LogP contribution is 2.33. The molecule has 0 aliphatic carbocycles. The molecular formula is C11H14O3. The molecule has 0 saturated heterocycles. The molecule has 76 valence electrons. The SMILES string of the molecule is COc1ccc2c(c1)[C@H](O)CCCO2. The molecule has 1 atom stereocenters. The molecule has 14 heavy (non-hydrogen) atoms. The highest BCUT2D eigenvalue weighted by molar-refractivity contribution is 5.42. The first kappa shape index (κ1) is 9.34. The molecule has 1 aromatic carbocycles. The van der Waals surface area contributed by atoms with Crippen molar-refractivity contribution in [3.8, 4) is 11.5 Å². The van der Waals surface area contributed by atoms with E-state index in [0.717, 1.165) is 29.9 Å². The Balaban J connectivity index is 2.39. The number of fused-ring (bicyclic) bond motifs is 1. The monoisotopic (exact) mass is 194 g/mol. The second-order valence-corrected chi connectivity index (χ2v) is 3.41. The Morgan fingerprint density at radius 2 is 2.36 bits per heavy atom. The Hall–Kier alpha value is -1.22. The van der Waals surface area contributed by atoms with E-state index in [1.54, 1.807) is 7.11 Å². The molecular weight excluding hydrogens is 180 g/mol. The number of aliphatic hydroxyl groups is 1. The summed E-state index contributed by atoms with van der Waals surface area (Å²) in [7, 11) is 1.62. The third kappa shape index (κ3) is 1.68. The zero-order valence-corrected chi connectivity index (χ0v) is 8.19. The van der Waals surface area contributed by atoms with Crippen LogP contribution in [-0.4, -0.2) is 18.8 Å². The van der Waals surface area contributed by atoms with Crippen molar-refractivity contribution in [2.45, 2.75) is 18.9 Å². The van der Waals surface area contributed by atoms with Crippen molar-refractivity contribution in [2.75, 3.05) is 13.7 Å². The first-order valence-corrected chi connectivity index (χ1v) is 4.80. The normalized spacial score (nSPS) is 20.6. The summed E-state index contributed by atoms with van der Waals surface area (Å²) in [5.41, 5.74) is 0.835. The van der Waals surface area contributed by atoms with Crippen molar-refractivity contribution in [3.05, 3.63) is 23.8 Å². The summed E-state index contributed by atoms with van der Waals surface area (Å²) in [5, 5.41) is 9.83. The largest absolute Gasteiger partial charge is 0.497 e. The molecule has 0 amide bonds. The Kier molecular flexibility index (Phi) is 2.59. The lowest BCUT2D eigenvalue weighted by molar-refractivity contribution is 0.167. The van der Waals surface area contributed by atoms with Gasteiger partial charge in [0.1, 0.15) is 11.5 Å². The minimum absolute atomic E-state index is 0.428. The number of ether oxygens (including phenoxy) is 2. The predicted molar refractivity (Wildman–Crippen MR) is 52.7 cm³/mol. The lowest BCUT2D eigenvalue weighted by Gasteiger charge is -2.11. The number of methoxy groups -OCH3 is 1. The molecule has 2 rings (SSSR count). The quantitative estimate of drug-likeness (QED) is 0.742. The third-order valence-corrected chi connectivity index (χ3v) is 2.46. The van der Waals surface area contributed by atoms with Crippen LogP contribution in [0.15, 0.2) is 18.2 Å². The van der Waals surface area contributed by atoms with Crippen molar-refractivity contribution < 1.29 is 14.6 Å².